The zero-order valence-electron chi connectivity index (χ0n) is 19.4. The molecule has 194 valence electrons. The van der Waals surface area contributed by atoms with Crippen LogP contribution in [0.3, 0.4) is 0 Å². The lowest BCUT2D eigenvalue weighted by Gasteiger charge is -2.31. The van der Waals surface area contributed by atoms with E-state index in [0.717, 1.165) is 4.31 Å². The summed E-state index contributed by atoms with van der Waals surface area (Å²) in [5.74, 6) is -0.610. The predicted octanol–water partition coefficient (Wildman–Crippen LogP) is 5.61. The third-order valence-corrected chi connectivity index (χ3v) is 9.47. The molecule has 0 atom stereocenters. The van der Waals surface area contributed by atoms with Crippen molar-refractivity contribution in [2.45, 2.75) is 9.79 Å². The predicted molar refractivity (Wildman–Crippen MR) is 149 cm³/mol. The van der Waals surface area contributed by atoms with Crippen LogP contribution in [0.1, 0.15) is 0 Å². The van der Waals surface area contributed by atoms with Gasteiger partial charge < -0.3 is 5.32 Å². The highest BCUT2D eigenvalue weighted by Gasteiger charge is 2.36. The van der Waals surface area contributed by atoms with E-state index in [1.807, 2.05) is 0 Å². The lowest BCUT2D eigenvalue weighted by atomic mass is 10.0. The Kier molecular flexibility index (Phi) is 6.83. The molecular weight excluding hydrogens is 569 g/mol. The molecule has 0 radical (unpaired) electrons. The Bertz CT molecular complexity index is 1780. The smallest absolute Gasteiger partial charge is 0.265 e. The van der Waals surface area contributed by atoms with E-state index in [1.165, 1.54) is 36.4 Å². The topological polar surface area (TPSA) is 113 Å². The zero-order valence-corrected chi connectivity index (χ0v) is 22.6. The van der Waals surface area contributed by atoms with Crippen LogP contribution >= 0.6 is 23.2 Å². The summed E-state index contributed by atoms with van der Waals surface area (Å²) in [6.45, 7) is -0.498. The lowest BCUT2D eigenvalue weighted by molar-refractivity contribution is -0.114. The highest BCUT2D eigenvalue weighted by molar-refractivity contribution is 7.93. The molecule has 1 amide bonds. The fourth-order valence-corrected chi connectivity index (χ4v) is 7.15. The first-order valence-corrected chi connectivity index (χ1v) is 14.8. The number of hydrogen-bond donors (Lipinski definition) is 2. The number of nitrogens with one attached hydrogen (secondary N) is 2. The van der Waals surface area contributed by atoms with Gasteiger partial charge in [0.25, 0.3) is 20.0 Å². The maximum atomic E-state index is 13.4. The number of fused-ring (bicyclic) bond motifs is 3. The number of carbonyl (C=O) groups is 1. The Balaban J connectivity index is 1.35. The van der Waals surface area contributed by atoms with E-state index in [1.54, 1.807) is 54.6 Å². The monoisotopic (exact) mass is 587 g/mol. The quantitative estimate of drug-likeness (QED) is 0.304. The van der Waals surface area contributed by atoms with Crippen molar-refractivity contribution >= 4 is 66.2 Å². The minimum absolute atomic E-state index is 0.0310. The number of benzene rings is 4. The summed E-state index contributed by atoms with van der Waals surface area (Å²) < 4.78 is 55.7. The Hall–Kier alpha value is -3.57. The van der Waals surface area contributed by atoms with E-state index in [-0.39, 0.29) is 9.79 Å². The minimum Gasteiger partial charge on any atom is -0.325 e. The van der Waals surface area contributed by atoms with Gasteiger partial charge in [-0.2, -0.15) is 0 Å². The number of rotatable bonds is 6. The Labute approximate surface area is 229 Å². The van der Waals surface area contributed by atoms with Crippen molar-refractivity contribution in [3.05, 3.63) is 101 Å². The molecule has 38 heavy (non-hydrogen) atoms. The average Bonchev–Trinajstić information content (AvgIpc) is 2.87. The summed E-state index contributed by atoms with van der Waals surface area (Å²) in [5, 5.41) is 3.44. The molecule has 0 spiro atoms. The van der Waals surface area contributed by atoms with Crippen LogP contribution in [0.15, 0.2) is 101 Å². The molecular formula is C26H19Cl2N3O5S2. The molecule has 1 aliphatic rings. The van der Waals surface area contributed by atoms with Gasteiger partial charge in [0, 0.05) is 26.9 Å². The number of amides is 1. The van der Waals surface area contributed by atoms with Gasteiger partial charge in [0.15, 0.2) is 0 Å². The van der Waals surface area contributed by atoms with Gasteiger partial charge in [-0.1, -0.05) is 47.5 Å². The van der Waals surface area contributed by atoms with Gasteiger partial charge in [-0.05, 0) is 66.7 Å². The summed E-state index contributed by atoms with van der Waals surface area (Å²) in [6, 6.07) is 23.1. The van der Waals surface area contributed by atoms with Gasteiger partial charge >= 0.3 is 0 Å². The fraction of sp³-hybridized carbons (Fsp3) is 0.0385. The second-order valence-corrected chi connectivity index (χ2v) is 12.7. The van der Waals surface area contributed by atoms with Crippen LogP contribution < -0.4 is 14.3 Å². The largest absolute Gasteiger partial charge is 0.325 e. The molecule has 4 aromatic carbocycles. The number of hydrogen-bond acceptors (Lipinski definition) is 5. The standard InChI is InChI=1S/C26H19Cl2N3O5S2/c27-17-4-3-5-20(14-17)30-37(33,34)21-11-9-19(10-12-21)29-26(32)16-31-24-13-8-18(28)15-23(24)22-6-1-2-7-25(22)38(31,35)36/h1-15,30H,16H2,(H,29,32). The van der Waals surface area contributed by atoms with Crippen LogP contribution in [0.2, 0.25) is 10.0 Å². The van der Waals surface area contributed by atoms with E-state index >= 15 is 0 Å². The second-order valence-electron chi connectivity index (χ2n) is 8.36. The molecule has 0 saturated heterocycles. The van der Waals surface area contributed by atoms with Crippen molar-refractivity contribution in [3.8, 4) is 11.1 Å². The number of carbonyl (C=O) groups excluding carboxylic acids is 1. The number of nitrogens with zero attached hydrogens (tertiary/aromatic N) is 1. The normalized spacial score (nSPS) is 13.8. The molecule has 0 fully saturated rings. The van der Waals surface area contributed by atoms with Crippen molar-refractivity contribution in [1.82, 2.24) is 0 Å². The van der Waals surface area contributed by atoms with E-state index in [0.29, 0.717) is 38.2 Å². The molecule has 0 aliphatic carbocycles. The average molecular weight is 588 g/mol. The van der Waals surface area contributed by atoms with Gasteiger partial charge in [0.2, 0.25) is 5.91 Å². The SMILES string of the molecule is O=C(CN1c2ccc(Cl)cc2-c2ccccc2S1(=O)=O)Nc1ccc(S(=O)(=O)Nc2cccc(Cl)c2)cc1. The van der Waals surface area contributed by atoms with Crippen molar-refractivity contribution in [1.29, 1.82) is 0 Å². The number of sulfonamides is 2. The van der Waals surface area contributed by atoms with Gasteiger partial charge in [-0.25, -0.2) is 16.8 Å². The molecule has 0 aromatic heterocycles. The third-order valence-electron chi connectivity index (χ3n) is 5.78. The molecule has 0 bridgehead atoms. The summed E-state index contributed by atoms with van der Waals surface area (Å²) >= 11 is 12.1. The van der Waals surface area contributed by atoms with E-state index < -0.39 is 32.5 Å². The first kappa shape index (κ1) is 26.1. The molecule has 12 heteroatoms. The van der Waals surface area contributed by atoms with Crippen molar-refractivity contribution in [3.63, 3.8) is 0 Å². The highest BCUT2D eigenvalue weighted by atomic mass is 35.5. The van der Waals surface area contributed by atoms with Crippen LogP contribution in [-0.4, -0.2) is 29.3 Å². The van der Waals surface area contributed by atoms with Gasteiger partial charge in [-0.3, -0.25) is 13.8 Å². The van der Waals surface area contributed by atoms with Crippen LogP contribution in [0.4, 0.5) is 17.1 Å². The summed E-state index contributed by atoms with van der Waals surface area (Å²) in [6.07, 6.45) is 0. The molecule has 2 N–H and O–H groups in total. The first-order valence-electron chi connectivity index (χ1n) is 11.1. The minimum atomic E-state index is -4.02. The summed E-state index contributed by atoms with van der Waals surface area (Å²) in [5.41, 5.74) is 2.03. The van der Waals surface area contributed by atoms with Crippen LogP contribution in [0.25, 0.3) is 11.1 Å². The van der Waals surface area contributed by atoms with Crippen molar-refractivity contribution < 1.29 is 21.6 Å². The molecule has 0 unspecified atom stereocenters. The Morgan fingerprint density at radius 2 is 1.50 bits per heavy atom. The second kappa shape index (κ2) is 9.95. The lowest BCUT2D eigenvalue weighted by Crippen LogP contribution is -2.40. The fourth-order valence-electron chi connectivity index (χ4n) is 4.09. The van der Waals surface area contributed by atoms with E-state index in [9.17, 15) is 21.6 Å². The molecule has 1 aliphatic heterocycles. The van der Waals surface area contributed by atoms with Crippen molar-refractivity contribution in [2.24, 2.45) is 0 Å². The van der Waals surface area contributed by atoms with Gasteiger partial charge in [-0.15, -0.1) is 0 Å². The summed E-state index contributed by atoms with van der Waals surface area (Å²) in [4.78, 5) is 13.0. The molecule has 8 nitrogen and oxygen atoms in total. The summed E-state index contributed by atoms with van der Waals surface area (Å²) in [7, 11) is -7.92. The third kappa shape index (κ3) is 5.08. The molecule has 4 aromatic rings. The Morgan fingerprint density at radius 3 is 2.24 bits per heavy atom. The maximum absolute atomic E-state index is 13.4. The molecule has 1 heterocycles. The highest BCUT2D eigenvalue weighted by Crippen LogP contribution is 2.43. The van der Waals surface area contributed by atoms with Crippen LogP contribution in [0.5, 0.6) is 0 Å². The van der Waals surface area contributed by atoms with E-state index in [2.05, 4.69) is 10.0 Å². The van der Waals surface area contributed by atoms with Gasteiger partial charge in [0.1, 0.15) is 6.54 Å². The maximum Gasteiger partial charge on any atom is 0.265 e. The zero-order chi connectivity index (χ0) is 27.1. The Morgan fingerprint density at radius 1 is 0.789 bits per heavy atom. The first-order chi connectivity index (χ1) is 18.0. The van der Waals surface area contributed by atoms with Crippen LogP contribution in [0, 0.1) is 0 Å². The van der Waals surface area contributed by atoms with Crippen molar-refractivity contribution in [2.75, 3.05) is 20.9 Å². The van der Waals surface area contributed by atoms with Gasteiger partial charge in [0.05, 0.1) is 21.2 Å². The van der Waals surface area contributed by atoms with Crippen LogP contribution in [-0.2, 0) is 24.8 Å². The molecule has 5 rings (SSSR count). The number of anilines is 3. The van der Waals surface area contributed by atoms with E-state index in [4.69, 9.17) is 23.2 Å². The number of halogens is 2. The molecule has 0 saturated carbocycles.